The van der Waals surface area contributed by atoms with E-state index in [4.69, 9.17) is 16.0 Å². The van der Waals surface area contributed by atoms with Gasteiger partial charge in [0.25, 0.3) is 0 Å². The van der Waals surface area contributed by atoms with Crippen LogP contribution >= 0.6 is 27.5 Å². The van der Waals surface area contributed by atoms with Crippen molar-refractivity contribution in [2.24, 2.45) is 0 Å². The lowest BCUT2D eigenvalue weighted by Gasteiger charge is -2.03. The zero-order chi connectivity index (χ0) is 14.4. The van der Waals surface area contributed by atoms with Gasteiger partial charge in [-0.25, -0.2) is 0 Å². The lowest BCUT2D eigenvalue weighted by molar-refractivity contribution is 0.669. The molecule has 3 heteroatoms. The van der Waals surface area contributed by atoms with Crippen molar-refractivity contribution in [1.29, 1.82) is 0 Å². The van der Waals surface area contributed by atoms with Gasteiger partial charge in [-0.2, -0.15) is 0 Å². The molecule has 4 rings (SSSR count). The largest absolute Gasteiger partial charge is 0.456 e. The highest BCUT2D eigenvalue weighted by Gasteiger charge is 2.11. The van der Waals surface area contributed by atoms with E-state index in [1.165, 1.54) is 0 Å². The molecule has 0 unspecified atom stereocenters. The smallest absolute Gasteiger partial charge is 0.136 e. The number of furan rings is 1. The summed E-state index contributed by atoms with van der Waals surface area (Å²) in [5.41, 5.74) is 3.83. The van der Waals surface area contributed by atoms with Crippen LogP contribution in [-0.2, 0) is 0 Å². The zero-order valence-electron chi connectivity index (χ0n) is 10.9. The maximum absolute atomic E-state index is 6.28. The summed E-state index contributed by atoms with van der Waals surface area (Å²) in [6.45, 7) is 0. The number of benzene rings is 3. The minimum Gasteiger partial charge on any atom is -0.456 e. The van der Waals surface area contributed by atoms with Crippen LogP contribution in [0.25, 0.3) is 33.1 Å². The van der Waals surface area contributed by atoms with Gasteiger partial charge in [-0.1, -0.05) is 57.9 Å². The predicted molar refractivity (Wildman–Crippen MR) is 91.9 cm³/mol. The third kappa shape index (κ3) is 2.06. The maximum atomic E-state index is 6.28. The highest BCUT2D eigenvalue weighted by Crippen LogP contribution is 2.37. The molecule has 0 saturated carbocycles. The molecule has 0 N–H and O–H groups in total. The van der Waals surface area contributed by atoms with Crippen molar-refractivity contribution in [3.8, 4) is 11.1 Å². The molecule has 4 aromatic rings. The molecule has 0 amide bonds. The number of hydrogen-bond acceptors (Lipinski definition) is 1. The Bertz CT molecular complexity index is 971. The summed E-state index contributed by atoms with van der Waals surface area (Å²) in [7, 11) is 0. The first-order valence-electron chi connectivity index (χ1n) is 6.60. The van der Waals surface area contributed by atoms with E-state index in [-0.39, 0.29) is 0 Å². The van der Waals surface area contributed by atoms with Crippen LogP contribution in [0.2, 0.25) is 5.02 Å². The molecule has 0 fully saturated rings. The summed E-state index contributed by atoms with van der Waals surface area (Å²) in [5.74, 6) is 0. The fourth-order valence-corrected chi connectivity index (χ4v) is 3.45. The molecule has 1 heterocycles. The van der Waals surface area contributed by atoms with Crippen molar-refractivity contribution in [3.05, 3.63) is 70.2 Å². The van der Waals surface area contributed by atoms with E-state index < -0.39 is 0 Å². The van der Waals surface area contributed by atoms with Crippen molar-refractivity contribution >= 4 is 49.5 Å². The molecule has 1 nitrogen and oxygen atoms in total. The Kier molecular flexibility index (Phi) is 3.02. The van der Waals surface area contributed by atoms with Gasteiger partial charge in [0.05, 0.1) is 0 Å². The van der Waals surface area contributed by atoms with E-state index in [0.717, 1.165) is 42.6 Å². The summed E-state index contributed by atoms with van der Waals surface area (Å²) in [6.07, 6.45) is 0. The first kappa shape index (κ1) is 12.9. The Hall–Kier alpha value is -1.77. The van der Waals surface area contributed by atoms with Gasteiger partial charge >= 0.3 is 0 Å². The summed E-state index contributed by atoms with van der Waals surface area (Å²) >= 11 is 9.87. The fraction of sp³-hybridized carbons (Fsp3) is 0. The molecule has 0 bridgehead atoms. The van der Waals surface area contributed by atoms with Crippen LogP contribution < -0.4 is 0 Å². The van der Waals surface area contributed by atoms with E-state index in [2.05, 4.69) is 28.1 Å². The predicted octanol–water partition coefficient (Wildman–Crippen LogP) is 6.67. The van der Waals surface area contributed by atoms with Crippen LogP contribution in [0.1, 0.15) is 0 Å². The fourth-order valence-electron chi connectivity index (χ4n) is 2.65. The van der Waals surface area contributed by atoms with Crippen molar-refractivity contribution in [3.63, 3.8) is 0 Å². The van der Waals surface area contributed by atoms with Crippen LogP contribution in [-0.4, -0.2) is 0 Å². The number of rotatable bonds is 1. The summed E-state index contributed by atoms with van der Waals surface area (Å²) in [6, 6.07) is 20.0. The molecule has 21 heavy (non-hydrogen) atoms. The van der Waals surface area contributed by atoms with E-state index in [9.17, 15) is 0 Å². The number of fused-ring (bicyclic) bond motifs is 3. The minimum absolute atomic E-state index is 0.745. The van der Waals surface area contributed by atoms with Crippen LogP contribution in [0.3, 0.4) is 0 Å². The van der Waals surface area contributed by atoms with Crippen LogP contribution in [0.15, 0.2) is 69.6 Å². The Morgan fingerprint density at radius 2 is 1.71 bits per heavy atom. The lowest BCUT2D eigenvalue weighted by Crippen LogP contribution is -1.78. The Labute approximate surface area is 135 Å². The van der Waals surface area contributed by atoms with E-state index in [0.29, 0.717) is 0 Å². The molecule has 102 valence electrons. The minimum atomic E-state index is 0.745. The molecule has 0 aliphatic rings. The highest BCUT2D eigenvalue weighted by molar-refractivity contribution is 9.10. The molecule has 0 radical (unpaired) electrons. The molecule has 0 aliphatic carbocycles. The van der Waals surface area contributed by atoms with E-state index in [1.807, 2.05) is 48.5 Å². The van der Waals surface area contributed by atoms with E-state index in [1.54, 1.807) is 0 Å². The molecular formula is C18H10BrClO. The van der Waals surface area contributed by atoms with Gasteiger partial charge in [-0.15, -0.1) is 0 Å². The molecule has 0 atom stereocenters. The van der Waals surface area contributed by atoms with Gasteiger partial charge in [-0.05, 0) is 35.9 Å². The normalized spacial score (nSPS) is 11.3. The molecule has 0 aliphatic heterocycles. The van der Waals surface area contributed by atoms with Crippen molar-refractivity contribution in [1.82, 2.24) is 0 Å². The summed E-state index contributed by atoms with van der Waals surface area (Å²) in [4.78, 5) is 0. The van der Waals surface area contributed by atoms with Crippen molar-refractivity contribution in [2.45, 2.75) is 0 Å². The average molecular weight is 358 g/mol. The summed E-state index contributed by atoms with van der Waals surface area (Å²) in [5, 5.41) is 2.96. The van der Waals surface area contributed by atoms with Gasteiger partial charge in [0.1, 0.15) is 11.2 Å². The zero-order valence-corrected chi connectivity index (χ0v) is 13.3. The topological polar surface area (TPSA) is 13.1 Å². The Morgan fingerprint density at radius 3 is 2.57 bits per heavy atom. The van der Waals surface area contributed by atoms with Crippen LogP contribution in [0.5, 0.6) is 0 Å². The van der Waals surface area contributed by atoms with Crippen LogP contribution in [0.4, 0.5) is 0 Å². The van der Waals surface area contributed by atoms with Gasteiger partial charge < -0.3 is 4.42 Å². The molecule has 3 aromatic carbocycles. The monoisotopic (exact) mass is 356 g/mol. The molecular weight excluding hydrogens is 348 g/mol. The van der Waals surface area contributed by atoms with Gasteiger partial charge in [-0.3, -0.25) is 0 Å². The highest BCUT2D eigenvalue weighted by atomic mass is 79.9. The average Bonchev–Trinajstić information content (AvgIpc) is 2.86. The second-order valence-electron chi connectivity index (χ2n) is 4.91. The third-order valence-electron chi connectivity index (χ3n) is 3.63. The third-order valence-corrected chi connectivity index (χ3v) is 4.62. The maximum Gasteiger partial charge on any atom is 0.136 e. The molecule has 0 spiro atoms. The second kappa shape index (κ2) is 4.90. The van der Waals surface area contributed by atoms with Gasteiger partial charge in [0.15, 0.2) is 0 Å². The van der Waals surface area contributed by atoms with Gasteiger partial charge in [0, 0.05) is 25.8 Å². The van der Waals surface area contributed by atoms with Crippen LogP contribution in [0, 0.1) is 0 Å². The second-order valence-corrected chi connectivity index (χ2v) is 6.17. The number of halogens is 2. The SMILES string of the molecule is Clc1ccccc1-c1ccc2c(c1)oc1cccc(Br)c12. The molecule has 0 saturated heterocycles. The van der Waals surface area contributed by atoms with Crippen molar-refractivity contribution in [2.75, 3.05) is 0 Å². The lowest BCUT2D eigenvalue weighted by atomic mass is 10.0. The first-order chi connectivity index (χ1) is 10.2. The number of hydrogen-bond donors (Lipinski definition) is 0. The quantitative estimate of drug-likeness (QED) is 0.371. The van der Waals surface area contributed by atoms with Gasteiger partial charge in [0.2, 0.25) is 0 Å². The van der Waals surface area contributed by atoms with E-state index >= 15 is 0 Å². The standard InChI is InChI=1S/C18H10BrClO/c19-14-5-3-7-16-18(14)13-9-8-11(10-17(13)21-16)12-4-1-2-6-15(12)20/h1-10H. The Morgan fingerprint density at radius 1 is 0.857 bits per heavy atom. The first-order valence-corrected chi connectivity index (χ1v) is 7.77. The van der Waals surface area contributed by atoms with Crippen molar-refractivity contribution < 1.29 is 4.42 Å². The Balaban J connectivity index is 2.01. The molecule has 1 aromatic heterocycles. The summed E-state index contributed by atoms with van der Waals surface area (Å²) < 4.78 is 7.01.